The molecule has 15 heavy (non-hydrogen) atoms. The maximum absolute atomic E-state index is 10.7. The molecule has 0 amide bonds. The van der Waals surface area contributed by atoms with E-state index in [0.717, 1.165) is 30.5 Å². The minimum absolute atomic E-state index is 0.0480. The minimum atomic E-state index is -0.773. The number of anilines is 1. The molecule has 1 aliphatic rings. The minimum Gasteiger partial charge on any atom is -0.481 e. The summed E-state index contributed by atoms with van der Waals surface area (Å²) in [4.78, 5) is 18.7. The number of nitrogens with two attached hydrogens (primary N) is 1. The first-order valence-electron chi connectivity index (χ1n) is 5.00. The lowest BCUT2D eigenvalue weighted by atomic mass is 9.84. The van der Waals surface area contributed by atoms with Gasteiger partial charge in [0.05, 0.1) is 6.42 Å². The fourth-order valence-electron chi connectivity index (χ4n) is 2.08. The number of rotatable bonds is 2. The van der Waals surface area contributed by atoms with Gasteiger partial charge in [-0.3, -0.25) is 4.79 Å². The second-order valence-electron chi connectivity index (χ2n) is 3.82. The zero-order chi connectivity index (χ0) is 10.8. The summed E-state index contributed by atoms with van der Waals surface area (Å²) in [7, 11) is 0. The monoisotopic (exact) mass is 207 g/mol. The number of nitrogens with zero attached hydrogens (tertiary/aromatic N) is 2. The van der Waals surface area contributed by atoms with Crippen LogP contribution in [-0.4, -0.2) is 21.0 Å². The highest BCUT2D eigenvalue weighted by Gasteiger charge is 2.23. The molecule has 5 nitrogen and oxygen atoms in total. The zero-order valence-electron chi connectivity index (χ0n) is 8.31. The predicted molar refractivity (Wildman–Crippen MR) is 54.4 cm³/mol. The van der Waals surface area contributed by atoms with Gasteiger partial charge in [0.25, 0.3) is 0 Å². The van der Waals surface area contributed by atoms with Gasteiger partial charge in [0.2, 0.25) is 5.95 Å². The molecule has 0 saturated heterocycles. The molecular formula is C10H13N3O2. The largest absolute Gasteiger partial charge is 0.481 e. The molecule has 2 rings (SSSR count). The molecule has 0 fully saturated rings. The standard InChI is InChI=1S/C10H13N3O2/c11-10-12-5-7-6(4-9(14)15)2-1-3-8(7)13-10/h5-6H,1-4H2,(H,14,15)(H2,11,12,13). The Balaban J connectivity index is 2.30. The number of nitrogen functional groups attached to an aromatic ring is 1. The predicted octanol–water partition coefficient (Wildman–Crippen LogP) is 0.953. The molecule has 5 heteroatoms. The average molecular weight is 207 g/mol. The number of aliphatic carboxylic acids is 1. The highest BCUT2D eigenvalue weighted by molar-refractivity contribution is 5.68. The Morgan fingerprint density at radius 1 is 1.67 bits per heavy atom. The molecule has 1 aromatic rings. The van der Waals surface area contributed by atoms with Gasteiger partial charge >= 0.3 is 5.97 Å². The van der Waals surface area contributed by atoms with Gasteiger partial charge in [-0.1, -0.05) is 0 Å². The number of hydrogen-bond acceptors (Lipinski definition) is 4. The van der Waals surface area contributed by atoms with E-state index >= 15 is 0 Å². The number of carbonyl (C=O) groups is 1. The Kier molecular flexibility index (Phi) is 2.53. The summed E-state index contributed by atoms with van der Waals surface area (Å²) in [6.07, 6.45) is 4.57. The summed E-state index contributed by atoms with van der Waals surface area (Å²) in [5.41, 5.74) is 7.36. The molecule has 1 aromatic heterocycles. The van der Waals surface area contributed by atoms with Gasteiger partial charge in [0.15, 0.2) is 0 Å². The fourth-order valence-corrected chi connectivity index (χ4v) is 2.08. The lowest BCUT2D eigenvalue weighted by Crippen LogP contribution is -2.16. The van der Waals surface area contributed by atoms with Crippen LogP contribution in [0.15, 0.2) is 6.20 Å². The van der Waals surface area contributed by atoms with Crippen LogP contribution in [0.3, 0.4) is 0 Å². The van der Waals surface area contributed by atoms with E-state index in [1.54, 1.807) is 6.20 Å². The molecule has 0 aromatic carbocycles. The molecule has 1 atom stereocenters. The number of carboxylic acid groups (broad SMARTS) is 1. The van der Waals surface area contributed by atoms with E-state index in [-0.39, 0.29) is 18.3 Å². The topological polar surface area (TPSA) is 89.1 Å². The van der Waals surface area contributed by atoms with Crippen molar-refractivity contribution in [3.8, 4) is 0 Å². The highest BCUT2D eigenvalue weighted by Crippen LogP contribution is 2.32. The first kappa shape index (κ1) is 9.89. The third kappa shape index (κ3) is 2.06. The summed E-state index contributed by atoms with van der Waals surface area (Å²) in [5, 5.41) is 8.78. The van der Waals surface area contributed by atoms with Crippen molar-refractivity contribution in [1.82, 2.24) is 9.97 Å². The van der Waals surface area contributed by atoms with Gasteiger partial charge in [-0.15, -0.1) is 0 Å². The number of aryl methyl sites for hydroxylation is 1. The summed E-state index contributed by atoms with van der Waals surface area (Å²) >= 11 is 0. The second-order valence-corrected chi connectivity index (χ2v) is 3.82. The number of aromatic nitrogens is 2. The SMILES string of the molecule is Nc1ncc2c(n1)CCCC2CC(=O)O. The lowest BCUT2D eigenvalue weighted by Gasteiger charge is -2.22. The van der Waals surface area contributed by atoms with Crippen LogP contribution in [-0.2, 0) is 11.2 Å². The van der Waals surface area contributed by atoms with Crippen molar-refractivity contribution in [2.75, 3.05) is 5.73 Å². The van der Waals surface area contributed by atoms with Crippen molar-refractivity contribution in [3.63, 3.8) is 0 Å². The van der Waals surface area contributed by atoms with Crippen molar-refractivity contribution in [2.24, 2.45) is 0 Å². The van der Waals surface area contributed by atoms with Gasteiger partial charge in [-0.05, 0) is 30.7 Å². The number of fused-ring (bicyclic) bond motifs is 1. The Morgan fingerprint density at radius 3 is 3.20 bits per heavy atom. The first-order chi connectivity index (χ1) is 7.16. The molecule has 3 N–H and O–H groups in total. The van der Waals surface area contributed by atoms with Crippen LogP contribution in [0, 0.1) is 0 Å². The summed E-state index contributed by atoms with van der Waals surface area (Å²) in [6, 6.07) is 0. The van der Waals surface area contributed by atoms with Crippen molar-refractivity contribution in [2.45, 2.75) is 31.6 Å². The third-order valence-corrected chi connectivity index (χ3v) is 2.75. The molecule has 80 valence electrons. The molecule has 0 radical (unpaired) electrons. The van der Waals surface area contributed by atoms with Gasteiger partial charge in [0, 0.05) is 11.9 Å². The number of carboxylic acids is 1. The Bertz CT molecular complexity index is 392. The quantitative estimate of drug-likeness (QED) is 0.753. The van der Waals surface area contributed by atoms with Crippen molar-refractivity contribution >= 4 is 11.9 Å². The van der Waals surface area contributed by atoms with E-state index in [9.17, 15) is 4.79 Å². The Hall–Kier alpha value is -1.65. The molecular weight excluding hydrogens is 194 g/mol. The summed E-state index contributed by atoms with van der Waals surface area (Å²) in [5.74, 6) is -0.457. The molecule has 1 aliphatic carbocycles. The van der Waals surface area contributed by atoms with Gasteiger partial charge in [0.1, 0.15) is 0 Å². The average Bonchev–Trinajstić information content (AvgIpc) is 2.16. The van der Waals surface area contributed by atoms with E-state index < -0.39 is 5.97 Å². The summed E-state index contributed by atoms with van der Waals surface area (Å²) < 4.78 is 0. The van der Waals surface area contributed by atoms with E-state index in [4.69, 9.17) is 10.8 Å². The van der Waals surface area contributed by atoms with E-state index in [0.29, 0.717) is 0 Å². The van der Waals surface area contributed by atoms with E-state index in [2.05, 4.69) is 9.97 Å². The normalized spacial score (nSPS) is 19.6. The van der Waals surface area contributed by atoms with Gasteiger partial charge < -0.3 is 10.8 Å². The van der Waals surface area contributed by atoms with Gasteiger partial charge in [-0.2, -0.15) is 0 Å². The van der Waals surface area contributed by atoms with Crippen molar-refractivity contribution in [3.05, 3.63) is 17.5 Å². The third-order valence-electron chi connectivity index (χ3n) is 2.75. The van der Waals surface area contributed by atoms with Crippen LogP contribution in [0.5, 0.6) is 0 Å². The van der Waals surface area contributed by atoms with Crippen LogP contribution in [0.4, 0.5) is 5.95 Å². The van der Waals surface area contributed by atoms with Crippen molar-refractivity contribution < 1.29 is 9.90 Å². The lowest BCUT2D eigenvalue weighted by molar-refractivity contribution is -0.137. The molecule has 0 bridgehead atoms. The maximum Gasteiger partial charge on any atom is 0.303 e. The van der Waals surface area contributed by atoms with Crippen molar-refractivity contribution in [1.29, 1.82) is 0 Å². The highest BCUT2D eigenvalue weighted by atomic mass is 16.4. The smallest absolute Gasteiger partial charge is 0.303 e. The molecule has 1 unspecified atom stereocenters. The Labute approximate surface area is 87.4 Å². The van der Waals surface area contributed by atoms with Crippen LogP contribution in [0.25, 0.3) is 0 Å². The van der Waals surface area contributed by atoms with Crippen LogP contribution in [0.1, 0.15) is 36.4 Å². The second kappa shape index (κ2) is 3.84. The molecule has 0 spiro atoms. The zero-order valence-corrected chi connectivity index (χ0v) is 8.31. The van der Waals surface area contributed by atoms with E-state index in [1.165, 1.54) is 0 Å². The molecule has 1 heterocycles. The Morgan fingerprint density at radius 2 is 2.47 bits per heavy atom. The molecule has 0 aliphatic heterocycles. The number of hydrogen-bond donors (Lipinski definition) is 2. The fraction of sp³-hybridized carbons (Fsp3) is 0.500. The summed E-state index contributed by atoms with van der Waals surface area (Å²) in [6.45, 7) is 0. The van der Waals surface area contributed by atoms with Crippen LogP contribution in [0.2, 0.25) is 0 Å². The molecule has 0 saturated carbocycles. The van der Waals surface area contributed by atoms with Gasteiger partial charge in [-0.25, -0.2) is 9.97 Å². The van der Waals surface area contributed by atoms with E-state index in [1.807, 2.05) is 0 Å². The first-order valence-corrected chi connectivity index (χ1v) is 5.00. The maximum atomic E-state index is 10.7. The van der Waals surface area contributed by atoms with Crippen LogP contribution >= 0.6 is 0 Å². The van der Waals surface area contributed by atoms with Crippen LogP contribution < -0.4 is 5.73 Å².